The van der Waals surface area contributed by atoms with E-state index in [0.29, 0.717) is 6.54 Å². The van der Waals surface area contributed by atoms with E-state index in [-0.39, 0.29) is 5.91 Å². The molecule has 0 saturated heterocycles. The van der Waals surface area contributed by atoms with Crippen LogP contribution >= 0.6 is 0 Å². The largest absolute Gasteiger partial charge is 0.355 e. The number of hydrogen-bond acceptors (Lipinski definition) is 3. The van der Waals surface area contributed by atoms with E-state index in [1.165, 1.54) is 0 Å². The van der Waals surface area contributed by atoms with E-state index in [9.17, 15) is 4.79 Å². The molecule has 96 valence electrons. The molecule has 0 aliphatic heterocycles. The molecule has 0 bridgehead atoms. The summed E-state index contributed by atoms with van der Waals surface area (Å²) in [5.74, 6) is 1.00. The summed E-state index contributed by atoms with van der Waals surface area (Å²) in [6, 6.07) is 0. The lowest BCUT2D eigenvalue weighted by atomic mass is 10.0. The fourth-order valence-corrected chi connectivity index (χ4v) is 1.64. The molecule has 0 unspecified atom stereocenters. The van der Waals surface area contributed by atoms with Gasteiger partial charge in [-0.1, -0.05) is 6.92 Å². The van der Waals surface area contributed by atoms with E-state index in [1.54, 1.807) is 6.20 Å². The van der Waals surface area contributed by atoms with E-state index in [4.69, 9.17) is 0 Å². The zero-order chi connectivity index (χ0) is 12.7. The number of aromatic amines is 1. The number of likely N-dealkylation sites (N-methyl/N-ethyl adjacent to an activating group) is 1. The second-order valence-electron chi connectivity index (χ2n) is 4.55. The Bertz CT molecular complexity index is 332. The molecule has 1 aromatic rings. The van der Waals surface area contributed by atoms with Crippen molar-refractivity contribution in [1.29, 1.82) is 0 Å². The molecule has 0 saturated carbocycles. The number of nitrogens with zero attached hydrogens (tertiary/aromatic N) is 1. The van der Waals surface area contributed by atoms with Crippen LogP contribution in [0.2, 0.25) is 0 Å². The highest BCUT2D eigenvalue weighted by atomic mass is 16.2. The lowest BCUT2D eigenvalue weighted by Gasteiger charge is -2.24. The number of carbonyl (C=O) groups is 1. The molecule has 1 amide bonds. The van der Waals surface area contributed by atoms with Gasteiger partial charge in [-0.05, 0) is 26.8 Å². The molecule has 0 atom stereocenters. The highest BCUT2D eigenvalue weighted by Gasteiger charge is 2.25. The smallest absolute Gasteiger partial charge is 0.239 e. The third kappa shape index (κ3) is 4.56. The fraction of sp³-hybridized carbons (Fsp3) is 0.667. The van der Waals surface area contributed by atoms with Crippen LogP contribution in [-0.4, -0.2) is 34.5 Å². The summed E-state index contributed by atoms with van der Waals surface area (Å²) >= 11 is 0. The number of H-pyrrole nitrogens is 1. The first kappa shape index (κ1) is 13.7. The zero-order valence-corrected chi connectivity index (χ0v) is 10.8. The van der Waals surface area contributed by atoms with Gasteiger partial charge in [0.2, 0.25) is 5.91 Å². The Hall–Kier alpha value is -1.36. The Kier molecular flexibility index (Phi) is 5.15. The Labute approximate surface area is 102 Å². The van der Waals surface area contributed by atoms with Crippen LogP contribution < -0.4 is 10.6 Å². The van der Waals surface area contributed by atoms with Gasteiger partial charge in [-0.3, -0.25) is 4.79 Å². The van der Waals surface area contributed by atoms with E-state index in [2.05, 4.69) is 20.6 Å². The molecule has 1 heterocycles. The summed E-state index contributed by atoms with van der Waals surface area (Å²) in [5, 5.41) is 6.07. The van der Waals surface area contributed by atoms with Crippen molar-refractivity contribution >= 4 is 5.91 Å². The summed E-state index contributed by atoms with van der Waals surface area (Å²) < 4.78 is 0. The fourth-order valence-electron chi connectivity index (χ4n) is 1.64. The number of aromatic nitrogens is 2. The van der Waals surface area contributed by atoms with Gasteiger partial charge in [0.05, 0.1) is 5.54 Å². The predicted molar refractivity (Wildman–Crippen MR) is 67.7 cm³/mol. The molecule has 5 heteroatoms. The topological polar surface area (TPSA) is 69.8 Å². The Morgan fingerprint density at radius 1 is 1.53 bits per heavy atom. The highest BCUT2D eigenvalue weighted by molar-refractivity contribution is 5.85. The number of nitrogens with one attached hydrogen (secondary N) is 3. The zero-order valence-electron chi connectivity index (χ0n) is 10.8. The Morgan fingerprint density at radius 2 is 2.29 bits per heavy atom. The minimum Gasteiger partial charge on any atom is -0.355 e. The van der Waals surface area contributed by atoms with Crippen LogP contribution in [0.5, 0.6) is 0 Å². The van der Waals surface area contributed by atoms with Crippen LogP contribution in [0.1, 0.15) is 33.0 Å². The van der Waals surface area contributed by atoms with Gasteiger partial charge in [0.1, 0.15) is 5.82 Å². The van der Waals surface area contributed by atoms with Crippen LogP contribution in [0.25, 0.3) is 0 Å². The van der Waals surface area contributed by atoms with Gasteiger partial charge in [-0.2, -0.15) is 0 Å². The standard InChI is InChI=1S/C12H22N4O/c1-4-16-12(2,3)11(17)15-7-5-6-10-13-8-9-14-10/h8-9,16H,4-7H2,1-3H3,(H,13,14)(H,15,17). The quantitative estimate of drug-likeness (QED) is 0.617. The van der Waals surface area contributed by atoms with E-state index >= 15 is 0 Å². The van der Waals surface area contributed by atoms with Gasteiger partial charge in [-0.25, -0.2) is 4.98 Å². The lowest BCUT2D eigenvalue weighted by molar-refractivity contribution is -0.126. The van der Waals surface area contributed by atoms with Crippen molar-refractivity contribution in [3.63, 3.8) is 0 Å². The predicted octanol–water partition coefficient (Wildman–Crippen LogP) is 0.847. The lowest BCUT2D eigenvalue weighted by Crippen LogP contribution is -2.52. The van der Waals surface area contributed by atoms with Crippen molar-refractivity contribution in [2.75, 3.05) is 13.1 Å². The second-order valence-corrected chi connectivity index (χ2v) is 4.55. The van der Waals surface area contributed by atoms with E-state index in [1.807, 2.05) is 27.0 Å². The molecule has 0 spiro atoms. The third-order valence-corrected chi connectivity index (χ3v) is 2.62. The molecular formula is C12H22N4O. The number of carbonyl (C=O) groups excluding carboxylic acids is 1. The number of hydrogen-bond donors (Lipinski definition) is 3. The molecule has 3 N–H and O–H groups in total. The minimum absolute atomic E-state index is 0.0406. The molecule has 0 fully saturated rings. The number of aryl methyl sites for hydroxylation is 1. The summed E-state index contributed by atoms with van der Waals surface area (Å²) in [6.45, 7) is 7.23. The Morgan fingerprint density at radius 3 is 2.88 bits per heavy atom. The first-order valence-electron chi connectivity index (χ1n) is 6.08. The van der Waals surface area contributed by atoms with Crippen molar-refractivity contribution in [2.45, 2.75) is 39.2 Å². The normalized spacial score (nSPS) is 11.5. The average Bonchev–Trinajstić information content (AvgIpc) is 2.76. The van der Waals surface area contributed by atoms with Gasteiger partial charge in [0.25, 0.3) is 0 Å². The van der Waals surface area contributed by atoms with Crippen LogP contribution in [0, 0.1) is 0 Å². The SMILES string of the molecule is CCNC(C)(C)C(=O)NCCCc1ncc[nH]1. The van der Waals surface area contributed by atoms with E-state index < -0.39 is 5.54 Å². The first-order chi connectivity index (χ1) is 8.06. The van der Waals surface area contributed by atoms with Crippen molar-refractivity contribution in [1.82, 2.24) is 20.6 Å². The number of imidazole rings is 1. The Balaban J connectivity index is 2.20. The minimum atomic E-state index is -0.501. The van der Waals surface area contributed by atoms with Crippen molar-refractivity contribution < 1.29 is 4.79 Å². The van der Waals surface area contributed by atoms with Crippen LogP contribution in [0.3, 0.4) is 0 Å². The molecule has 1 aromatic heterocycles. The number of rotatable bonds is 7. The second kappa shape index (κ2) is 6.39. The van der Waals surface area contributed by atoms with Crippen LogP contribution in [0.4, 0.5) is 0 Å². The molecule has 0 radical (unpaired) electrons. The molecule has 5 nitrogen and oxygen atoms in total. The van der Waals surface area contributed by atoms with Gasteiger partial charge in [0, 0.05) is 25.4 Å². The maximum atomic E-state index is 11.8. The summed E-state index contributed by atoms with van der Waals surface area (Å²) in [6.07, 6.45) is 5.29. The summed E-state index contributed by atoms with van der Waals surface area (Å²) in [7, 11) is 0. The monoisotopic (exact) mass is 238 g/mol. The molecule has 0 aliphatic carbocycles. The van der Waals surface area contributed by atoms with Crippen LogP contribution in [0.15, 0.2) is 12.4 Å². The third-order valence-electron chi connectivity index (χ3n) is 2.62. The van der Waals surface area contributed by atoms with Gasteiger partial charge in [-0.15, -0.1) is 0 Å². The maximum Gasteiger partial charge on any atom is 0.239 e. The highest BCUT2D eigenvalue weighted by Crippen LogP contribution is 2.01. The molecular weight excluding hydrogens is 216 g/mol. The molecule has 17 heavy (non-hydrogen) atoms. The molecule has 0 aliphatic rings. The van der Waals surface area contributed by atoms with Crippen molar-refractivity contribution in [3.05, 3.63) is 18.2 Å². The molecule has 1 rings (SSSR count). The average molecular weight is 238 g/mol. The summed E-state index contributed by atoms with van der Waals surface area (Å²) in [4.78, 5) is 19.0. The van der Waals surface area contributed by atoms with E-state index in [0.717, 1.165) is 25.2 Å². The van der Waals surface area contributed by atoms with Crippen molar-refractivity contribution in [2.24, 2.45) is 0 Å². The van der Waals surface area contributed by atoms with Crippen molar-refractivity contribution in [3.8, 4) is 0 Å². The van der Waals surface area contributed by atoms with Gasteiger partial charge >= 0.3 is 0 Å². The number of amides is 1. The summed E-state index contributed by atoms with van der Waals surface area (Å²) in [5.41, 5.74) is -0.501. The maximum absolute atomic E-state index is 11.8. The first-order valence-corrected chi connectivity index (χ1v) is 6.08. The van der Waals surface area contributed by atoms with Crippen LogP contribution in [-0.2, 0) is 11.2 Å². The van der Waals surface area contributed by atoms with Gasteiger partial charge in [0.15, 0.2) is 0 Å². The van der Waals surface area contributed by atoms with Gasteiger partial charge < -0.3 is 15.6 Å². The molecule has 0 aromatic carbocycles.